The third-order valence-electron chi connectivity index (χ3n) is 4.07. The van der Waals surface area contributed by atoms with Gasteiger partial charge in [0.2, 0.25) is 0 Å². The van der Waals surface area contributed by atoms with Gasteiger partial charge in [0.15, 0.2) is 6.61 Å². The molecule has 1 amide bonds. The Kier molecular flexibility index (Phi) is 8.11. The normalized spacial score (nSPS) is 10.6. The molecule has 1 N–H and O–H groups in total. The van der Waals surface area contributed by atoms with Crippen LogP contribution in [0.1, 0.15) is 15.9 Å². The number of benzene rings is 3. The molecule has 33 heavy (non-hydrogen) atoms. The first-order valence-corrected chi connectivity index (χ1v) is 10.5. The summed E-state index contributed by atoms with van der Waals surface area (Å²) >= 11 is 9.14. The standard InChI is InChI=1S/C22H15BrClN3O6/c23-18-11-15(27(30)31)7-10-20(18)32-13-21(28)26-25-12-14-5-8-16(9-6-14)33-22(29)17-3-1-2-4-19(17)24/h1-12H,13H2,(H,26,28). The van der Waals surface area contributed by atoms with Crippen LogP contribution in [0.4, 0.5) is 5.69 Å². The van der Waals surface area contributed by atoms with Crippen molar-refractivity contribution in [3.8, 4) is 11.5 Å². The maximum absolute atomic E-state index is 12.2. The summed E-state index contributed by atoms with van der Waals surface area (Å²) < 4.78 is 11.0. The summed E-state index contributed by atoms with van der Waals surface area (Å²) in [7, 11) is 0. The van der Waals surface area contributed by atoms with E-state index in [-0.39, 0.29) is 23.6 Å². The van der Waals surface area contributed by atoms with Crippen LogP contribution in [0.2, 0.25) is 5.02 Å². The molecule has 3 aromatic rings. The Bertz CT molecular complexity index is 1220. The van der Waals surface area contributed by atoms with Crippen LogP contribution in [0, 0.1) is 10.1 Å². The van der Waals surface area contributed by atoms with Crippen LogP contribution in [-0.2, 0) is 4.79 Å². The number of nitro groups is 1. The Morgan fingerprint density at radius 1 is 1.12 bits per heavy atom. The highest BCUT2D eigenvalue weighted by atomic mass is 79.9. The van der Waals surface area contributed by atoms with Crippen molar-refractivity contribution in [2.75, 3.05) is 6.61 Å². The van der Waals surface area contributed by atoms with E-state index < -0.39 is 16.8 Å². The van der Waals surface area contributed by atoms with Crippen molar-refractivity contribution in [3.05, 3.63) is 97.5 Å². The van der Waals surface area contributed by atoms with Crippen molar-refractivity contribution in [2.24, 2.45) is 5.10 Å². The maximum Gasteiger partial charge on any atom is 0.345 e. The third-order valence-corrected chi connectivity index (χ3v) is 5.02. The number of halogens is 2. The van der Waals surface area contributed by atoms with Gasteiger partial charge in [-0.3, -0.25) is 14.9 Å². The van der Waals surface area contributed by atoms with Crippen LogP contribution in [-0.4, -0.2) is 29.6 Å². The van der Waals surface area contributed by atoms with E-state index in [4.69, 9.17) is 21.1 Å². The number of nitrogens with one attached hydrogen (secondary N) is 1. The lowest BCUT2D eigenvalue weighted by molar-refractivity contribution is -0.384. The Morgan fingerprint density at radius 3 is 2.52 bits per heavy atom. The van der Waals surface area contributed by atoms with Gasteiger partial charge < -0.3 is 9.47 Å². The molecule has 11 heteroatoms. The zero-order valence-electron chi connectivity index (χ0n) is 16.7. The van der Waals surface area contributed by atoms with Gasteiger partial charge in [0.25, 0.3) is 11.6 Å². The third kappa shape index (κ3) is 6.86. The van der Waals surface area contributed by atoms with E-state index in [2.05, 4.69) is 26.5 Å². The fourth-order valence-corrected chi connectivity index (χ4v) is 3.18. The maximum atomic E-state index is 12.2. The topological polar surface area (TPSA) is 120 Å². The van der Waals surface area contributed by atoms with Gasteiger partial charge in [0.05, 0.1) is 26.2 Å². The number of hydrogen-bond donors (Lipinski definition) is 1. The molecule has 0 unspecified atom stereocenters. The van der Waals surface area contributed by atoms with E-state index in [1.54, 1.807) is 48.5 Å². The minimum Gasteiger partial charge on any atom is -0.483 e. The second kappa shape index (κ2) is 11.2. The molecule has 0 saturated heterocycles. The monoisotopic (exact) mass is 531 g/mol. The van der Waals surface area contributed by atoms with Gasteiger partial charge in [-0.25, -0.2) is 10.2 Å². The highest BCUT2D eigenvalue weighted by Crippen LogP contribution is 2.29. The largest absolute Gasteiger partial charge is 0.483 e. The predicted molar refractivity (Wildman–Crippen MR) is 125 cm³/mol. The quantitative estimate of drug-likeness (QED) is 0.147. The predicted octanol–water partition coefficient (Wildman–Crippen LogP) is 4.76. The van der Waals surface area contributed by atoms with Gasteiger partial charge in [-0.05, 0) is 64.0 Å². The molecule has 168 valence electrons. The molecular weight excluding hydrogens is 518 g/mol. The Balaban J connectivity index is 1.48. The average Bonchev–Trinajstić information content (AvgIpc) is 2.79. The van der Waals surface area contributed by atoms with Crippen LogP contribution in [0.25, 0.3) is 0 Å². The number of ether oxygens (including phenoxy) is 2. The number of nitro benzene ring substituents is 1. The van der Waals surface area contributed by atoms with E-state index in [0.29, 0.717) is 20.8 Å². The summed E-state index contributed by atoms with van der Waals surface area (Å²) in [5, 5.41) is 14.9. The minimum atomic E-state index is -0.575. The molecule has 3 rings (SSSR count). The van der Waals surface area contributed by atoms with Gasteiger partial charge in [0, 0.05) is 12.1 Å². The van der Waals surface area contributed by atoms with Crippen LogP contribution in [0.3, 0.4) is 0 Å². The van der Waals surface area contributed by atoms with E-state index in [1.165, 1.54) is 24.4 Å². The number of nitrogens with zero attached hydrogens (tertiary/aromatic N) is 2. The number of hydrazone groups is 1. The van der Waals surface area contributed by atoms with Crippen molar-refractivity contribution in [3.63, 3.8) is 0 Å². The van der Waals surface area contributed by atoms with E-state index in [9.17, 15) is 19.7 Å². The fraction of sp³-hybridized carbons (Fsp3) is 0.0455. The lowest BCUT2D eigenvalue weighted by Crippen LogP contribution is -2.24. The first-order valence-electron chi connectivity index (χ1n) is 9.29. The molecule has 3 aromatic carbocycles. The molecule has 0 saturated carbocycles. The number of amides is 1. The highest BCUT2D eigenvalue weighted by Gasteiger charge is 2.12. The number of hydrogen-bond acceptors (Lipinski definition) is 7. The minimum absolute atomic E-state index is 0.104. The molecule has 0 atom stereocenters. The first kappa shape index (κ1) is 23.9. The van der Waals surface area contributed by atoms with Gasteiger partial charge in [-0.15, -0.1) is 0 Å². The van der Waals surface area contributed by atoms with Gasteiger partial charge in [-0.2, -0.15) is 5.10 Å². The molecule has 0 bridgehead atoms. The molecule has 0 aliphatic rings. The highest BCUT2D eigenvalue weighted by molar-refractivity contribution is 9.10. The molecular formula is C22H15BrClN3O6. The van der Waals surface area contributed by atoms with E-state index in [1.807, 2.05) is 0 Å². The van der Waals surface area contributed by atoms with Gasteiger partial charge >= 0.3 is 5.97 Å². The summed E-state index contributed by atoms with van der Waals surface area (Å²) in [6, 6.07) is 17.0. The zero-order valence-corrected chi connectivity index (χ0v) is 19.1. The van der Waals surface area contributed by atoms with E-state index in [0.717, 1.165) is 0 Å². The molecule has 0 heterocycles. The summed E-state index contributed by atoms with van der Waals surface area (Å²) in [5.41, 5.74) is 3.11. The SMILES string of the molecule is O=C(COc1ccc([N+](=O)[O-])cc1Br)NN=Cc1ccc(OC(=O)c2ccccc2Cl)cc1. The molecule has 0 aliphatic carbocycles. The summed E-state index contributed by atoms with van der Waals surface area (Å²) in [6.45, 7) is -0.343. The fourth-order valence-electron chi connectivity index (χ4n) is 2.49. The van der Waals surface area contributed by atoms with Crippen molar-refractivity contribution < 1.29 is 24.0 Å². The van der Waals surface area contributed by atoms with Crippen molar-refractivity contribution >= 4 is 51.3 Å². The average molecular weight is 533 g/mol. The molecule has 9 nitrogen and oxygen atoms in total. The first-order chi connectivity index (χ1) is 15.8. The zero-order chi connectivity index (χ0) is 23.8. The Morgan fingerprint density at radius 2 is 1.85 bits per heavy atom. The molecule has 0 aliphatic heterocycles. The number of rotatable bonds is 8. The van der Waals surface area contributed by atoms with Gasteiger partial charge in [0.1, 0.15) is 11.5 Å². The Hall–Kier alpha value is -3.76. The smallest absolute Gasteiger partial charge is 0.345 e. The van der Waals surface area contributed by atoms with E-state index >= 15 is 0 Å². The van der Waals surface area contributed by atoms with Crippen molar-refractivity contribution in [1.29, 1.82) is 0 Å². The number of carbonyl (C=O) groups excluding carboxylic acids is 2. The summed E-state index contributed by atoms with van der Waals surface area (Å²) in [4.78, 5) is 34.3. The molecule has 0 fully saturated rings. The lowest BCUT2D eigenvalue weighted by atomic mass is 10.2. The lowest BCUT2D eigenvalue weighted by Gasteiger charge is -2.07. The number of non-ortho nitro benzene ring substituents is 1. The van der Waals surface area contributed by atoms with Crippen LogP contribution < -0.4 is 14.9 Å². The second-order valence-electron chi connectivity index (χ2n) is 6.39. The number of carbonyl (C=O) groups is 2. The summed E-state index contributed by atoms with van der Waals surface area (Å²) in [6.07, 6.45) is 1.40. The van der Waals surface area contributed by atoms with Crippen LogP contribution >= 0.6 is 27.5 Å². The van der Waals surface area contributed by atoms with Crippen molar-refractivity contribution in [2.45, 2.75) is 0 Å². The molecule has 0 radical (unpaired) electrons. The number of esters is 1. The second-order valence-corrected chi connectivity index (χ2v) is 7.65. The Labute approximate surface area is 201 Å². The van der Waals surface area contributed by atoms with Gasteiger partial charge in [-0.1, -0.05) is 23.7 Å². The molecule has 0 aromatic heterocycles. The molecule has 0 spiro atoms. The summed E-state index contributed by atoms with van der Waals surface area (Å²) in [5.74, 6) is -0.499. The van der Waals surface area contributed by atoms with Crippen LogP contribution in [0.5, 0.6) is 11.5 Å². The van der Waals surface area contributed by atoms with Crippen LogP contribution in [0.15, 0.2) is 76.3 Å². The van der Waals surface area contributed by atoms with Crippen molar-refractivity contribution in [1.82, 2.24) is 5.43 Å².